The van der Waals surface area contributed by atoms with Gasteiger partial charge in [0.1, 0.15) is 5.60 Å². The minimum atomic E-state index is -0.469. The van der Waals surface area contributed by atoms with E-state index in [-0.39, 0.29) is 30.1 Å². The number of carbonyl (C=O) groups is 1. The number of amides is 1. The largest absolute Gasteiger partial charge is 0.444 e. The monoisotopic (exact) mass is 505 g/mol. The Morgan fingerprint density at radius 3 is 2.18 bits per heavy atom. The summed E-state index contributed by atoms with van der Waals surface area (Å²) >= 11 is 0. The van der Waals surface area contributed by atoms with Gasteiger partial charge in [-0.25, -0.2) is 4.79 Å². The minimum absolute atomic E-state index is 0. The summed E-state index contributed by atoms with van der Waals surface area (Å²) in [6, 6.07) is 10.3. The molecule has 0 spiro atoms. The number of nitrogens with one attached hydrogen (secondary N) is 3. The number of hydrogen-bond donors (Lipinski definition) is 3. The number of carbonyl (C=O) groups excluding carboxylic acids is 1. The van der Waals surface area contributed by atoms with Crippen LogP contribution in [0.2, 0.25) is 0 Å². The van der Waals surface area contributed by atoms with Crippen molar-refractivity contribution in [1.82, 2.24) is 16.0 Å². The van der Waals surface area contributed by atoms with Gasteiger partial charge in [-0.15, -0.1) is 24.0 Å². The Kier molecular flexibility index (Phi) is 13.4. The van der Waals surface area contributed by atoms with E-state index in [1.54, 1.807) is 7.05 Å². The molecule has 1 rings (SSSR count). The molecule has 0 radical (unpaired) electrons. The maximum Gasteiger partial charge on any atom is 0.407 e. The van der Waals surface area contributed by atoms with Crippen LogP contribution in [0.25, 0.3) is 0 Å². The summed E-state index contributed by atoms with van der Waals surface area (Å²) in [5.41, 5.74) is 0.751. The molecule has 0 aliphatic carbocycles. The first kappa shape index (κ1) is 26.3. The number of halogens is 1. The minimum Gasteiger partial charge on any atom is -0.444 e. The smallest absolute Gasteiger partial charge is 0.407 e. The Labute approximate surface area is 186 Å². The van der Waals surface area contributed by atoms with Crippen LogP contribution in [0.3, 0.4) is 0 Å². The number of ether oxygens (including phenoxy) is 1. The van der Waals surface area contributed by atoms with Gasteiger partial charge < -0.3 is 25.6 Å². The predicted molar refractivity (Wildman–Crippen MR) is 128 cm³/mol. The molecule has 0 fully saturated rings. The Bertz CT molecular complexity index is 576. The van der Waals surface area contributed by atoms with Gasteiger partial charge in [-0.2, -0.15) is 0 Å². The highest BCUT2D eigenvalue weighted by atomic mass is 127. The molecular formula is C20H36IN5O2. The highest BCUT2D eigenvalue weighted by molar-refractivity contribution is 14.0. The van der Waals surface area contributed by atoms with Crippen molar-refractivity contribution < 1.29 is 9.53 Å². The van der Waals surface area contributed by atoms with Crippen LogP contribution in [0.4, 0.5) is 10.5 Å². The van der Waals surface area contributed by atoms with Crippen molar-refractivity contribution in [3.8, 4) is 0 Å². The zero-order valence-electron chi connectivity index (χ0n) is 17.7. The SMILES string of the molecule is CN=C(NCCCNC(=O)OC(C)(C)C)NCCCN(C)c1ccccc1.I. The number of alkyl carbamates (subject to hydrolysis) is 1. The molecule has 8 heteroatoms. The molecule has 0 aromatic heterocycles. The standard InChI is InChI=1S/C20H35N5O2.HI/c1-20(2,3)27-19(26)24-14-9-13-22-18(21-4)23-15-10-16-25(5)17-11-7-6-8-12-17;/h6-8,11-12H,9-10,13-16H2,1-5H3,(H,24,26)(H2,21,22,23);1H. The normalized spacial score (nSPS) is 11.2. The average Bonchev–Trinajstić information content (AvgIpc) is 2.62. The molecule has 7 nitrogen and oxygen atoms in total. The van der Waals surface area contributed by atoms with Crippen molar-refractivity contribution in [1.29, 1.82) is 0 Å². The third-order valence-electron chi connectivity index (χ3n) is 3.70. The molecule has 0 saturated heterocycles. The highest BCUT2D eigenvalue weighted by Gasteiger charge is 2.15. The molecule has 1 aromatic rings. The summed E-state index contributed by atoms with van der Waals surface area (Å²) in [5.74, 6) is 0.773. The van der Waals surface area contributed by atoms with Crippen LogP contribution in [0.5, 0.6) is 0 Å². The van der Waals surface area contributed by atoms with E-state index < -0.39 is 5.60 Å². The molecule has 0 saturated carbocycles. The number of anilines is 1. The van der Waals surface area contributed by atoms with E-state index in [4.69, 9.17) is 4.74 Å². The fourth-order valence-electron chi connectivity index (χ4n) is 2.36. The van der Waals surface area contributed by atoms with Gasteiger partial charge in [0.2, 0.25) is 0 Å². The van der Waals surface area contributed by atoms with Crippen molar-refractivity contribution in [2.24, 2.45) is 4.99 Å². The van der Waals surface area contributed by atoms with Gasteiger partial charge in [0.15, 0.2) is 5.96 Å². The Hall–Kier alpha value is -1.71. The summed E-state index contributed by atoms with van der Waals surface area (Å²) in [7, 11) is 3.85. The molecule has 0 heterocycles. The fourth-order valence-corrected chi connectivity index (χ4v) is 2.36. The molecule has 160 valence electrons. The van der Waals surface area contributed by atoms with Crippen LogP contribution in [0, 0.1) is 0 Å². The van der Waals surface area contributed by atoms with Gasteiger partial charge in [0, 0.05) is 46.0 Å². The Morgan fingerprint density at radius 2 is 1.61 bits per heavy atom. The topological polar surface area (TPSA) is 78.0 Å². The zero-order chi connectivity index (χ0) is 20.1. The Balaban J connectivity index is 0.00000729. The lowest BCUT2D eigenvalue weighted by atomic mass is 10.2. The second-order valence-corrected chi connectivity index (χ2v) is 7.32. The van der Waals surface area contributed by atoms with Crippen molar-refractivity contribution >= 4 is 41.7 Å². The van der Waals surface area contributed by atoms with Gasteiger partial charge >= 0.3 is 6.09 Å². The molecule has 0 unspecified atom stereocenters. The van der Waals surface area contributed by atoms with Crippen LogP contribution in [0.1, 0.15) is 33.6 Å². The van der Waals surface area contributed by atoms with E-state index in [0.29, 0.717) is 6.54 Å². The molecule has 3 N–H and O–H groups in total. The molecule has 1 amide bonds. The molecule has 0 aliphatic heterocycles. The first-order valence-corrected chi connectivity index (χ1v) is 9.49. The average molecular weight is 505 g/mol. The number of rotatable bonds is 9. The first-order chi connectivity index (χ1) is 12.8. The van der Waals surface area contributed by atoms with Crippen LogP contribution in [0.15, 0.2) is 35.3 Å². The van der Waals surface area contributed by atoms with Crippen molar-refractivity contribution in [2.75, 3.05) is 45.2 Å². The van der Waals surface area contributed by atoms with E-state index in [1.807, 2.05) is 39.0 Å². The van der Waals surface area contributed by atoms with E-state index in [1.165, 1.54) is 5.69 Å². The lowest BCUT2D eigenvalue weighted by Crippen LogP contribution is -2.40. The van der Waals surface area contributed by atoms with Crippen LogP contribution >= 0.6 is 24.0 Å². The summed E-state index contributed by atoms with van der Waals surface area (Å²) in [6.07, 6.45) is 1.41. The zero-order valence-corrected chi connectivity index (χ0v) is 20.1. The third kappa shape index (κ3) is 12.6. The summed E-state index contributed by atoms with van der Waals surface area (Å²) in [5, 5.41) is 9.30. The van der Waals surface area contributed by atoms with Crippen molar-refractivity contribution in [3.63, 3.8) is 0 Å². The van der Waals surface area contributed by atoms with Gasteiger partial charge in [0.25, 0.3) is 0 Å². The van der Waals surface area contributed by atoms with Gasteiger partial charge in [0.05, 0.1) is 0 Å². The molecule has 0 aliphatic rings. The van der Waals surface area contributed by atoms with Crippen molar-refractivity contribution in [2.45, 2.75) is 39.2 Å². The second kappa shape index (κ2) is 14.3. The first-order valence-electron chi connectivity index (χ1n) is 9.49. The summed E-state index contributed by atoms with van der Waals surface area (Å²) in [6.45, 7) is 8.63. The van der Waals surface area contributed by atoms with Gasteiger partial charge in [-0.05, 0) is 45.7 Å². The van der Waals surface area contributed by atoms with Crippen LogP contribution in [-0.2, 0) is 4.74 Å². The van der Waals surface area contributed by atoms with E-state index in [9.17, 15) is 4.79 Å². The number of aliphatic imine (C=N–C) groups is 1. The van der Waals surface area contributed by atoms with E-state index in [2.05, 4.69) is 45.0 Å². The van der Waals surface area contributed by atoms with Crippen LogP contribution in [-0.4, -0.2) is 57.9 Å². The number of benzene rings is 1. The van der Waals surface area contributed by atoms with Crippen LogP contribution < -0.4 is 20.9 Å². The molecule has 28 heavy (non-hydrogen) atoms. The number of nitrogens with zero attached hydrogens (tertiary/aromatic N) is 2. The predicted octanol–water partition coefficient (Wildman–Crippen LogP) is 3.21. The summed E-state index contributed by atoms with van der Waals surface area (Å²) < 4.78 is 5.19. The molecular weight excluding hydrogens is 469 g/mol. The lowest BCUT2D eigenvalue weighted by Gasteiger charge is -2.20. The summed E-state index contributed by atoms with van der Waals surface area (Å²) in [4.78, 5) is 18.0. The molecule has 0 atom stereocenters. The number of guanidine groups is 1. The molecule has 1 aromatic carbocycles. The number of para-hydroxylation sites is 1. The maximum absolute atomic E-state index is 11.5. The molecule has 0 bridgehead atoms. The third-order valence-corrected chi connectivity index (χ3v) is 3.70. The van der Waals surface area contributed by atoms with E-state index >= 15 is 0 Å². The highest BCUT2D eigenvalue weighted by Crippen LogP contribution is 2.10. The number of hydrogen-bond acceptors (Lipinski definition) is 4. The lowest BCUT2D eigenvalue weighted by molar-refractivity contribution is 0.0527. The maximum atomic E-state index is 11.5. The van der Waals surface area contributed by atoms with Gasteiger partial charge in [-0.1, -0.05) is 18.2 Å². The second-order valence-electron chi connectivity index (χ2n) is 7.32. The van der Waals surface area contributed by atoms with E-state index in [0.717, 1.165) is 38.4 Å². The quantitative estimate of drug-likeness (QED) is 0.208. The fraction of sp³-hybridized carbons (Fsp3) is 0.600. The Morgan fingerprint density at radius 1 is 1.04 bits per heavy atom. The van der Waals surface area contributed by atoms with Gasteiger partial charge in [-0.3, -0.25) is 4.99 Å². The van der Waals surface area contributed by atoms with Crippen molar-refractivity contribution in [3.05, 3.63) is 30.3 Å².